The van der Waals surface area contributed by atoms with Gasteiger partial charge in [-0.15, -0.1) is 0 Å². The van der Waals surface area contributed by atoms with E-state index in [1.165, 1.54) is 5.56 Å². The number of carboxylic acid groups (broad SMARTS) is 1. The molecule has 3 aromatic carbocycles. The second-order valence-electron chi connectivity index (χ2n) is 8.24. The molecular formula is C28H27ClN2O2. The fourth-order valence-corrected chi connectivity index (χ4v) is 4.28. The van der Waals surface area contributed by atoms with Gasteiger partial charge >= 0.3 is 5.97 Å². The predicted octanol–water partition coefficient (Wildman–Crippen LogP) is 6.32. The molecule has 168 valence electrons. The summed E-state index contributed by atoms with van der Waals surface area (Å²) in [5, 5.41) is 15.3. The lowest BCUT2D eigenvalue weighted by Crippen LogP contribution is -2.19. The number of aryl methyl sites for hydroxylation is 1. The monoisotopic (exact) mass is 458 g/mol. The van der Waals surface area contributed by atoms with Crippen LogP contribution in [0.1, 0.15) is 38.3 Å². The summed E-state index contributed by atoms with van der Waals surface area (Å²) in [7, 11) is 0. The normalized spacial score (nSPS) is 11.1. The van der Waals surface area contributed by atoms with Crippen LogP contribution >= 0.6 is 11.6 Å². The van der Waals surface area contributed by atoms with Crippen molar-refractivity contribution in [3.63, 3.8) is 0 Å². The summed E-state index contributed by atoms with van der Waals surface area (Å²) in [4.78, 5) is 12.4. The molecule has 5 heteroatoms. The van der Waals surface area contributed by atoms with E-state index >= 15 is 0 Å². The summed E-state index contributed by atoms with van der Waals surface area (Å²) < 4.78 is 1.92. The fraction of sp³-hybridized carbons (Fsp3) is 0.179. The lowest BCUT2D eigenvalue weighted by Gasteiger charge is -2.11. The first-order chi connectivity index (χ1) is 16.0. The highest BCUT2D eigenvalue weighted by molar-refractivity contribution is 6.30. The minimum Gasteiger partial charge on any atom is -0.477 e. The van der Waals surface area contributed by atoms with Gasteiger partial charge in [-0.25, -0.2) is 4.79 Å². The van der Waals surface area contributed by atoms with Crippen molar-refractivity contribution in [1.29, 1.82) is 0 Å². The highest BCUT2D eigenvalue weighted by Crippen LogP contribution is 2.29. The minimum absolute atomic E-state index is 0.336. The van der Waals surface area contributed by atoms with Crippen LogP contribution in [0.4, 0.5) is 0 Å². The van der Waals surface area contributed by atoms with E-state index in [0.717, 1.165) is 51.1 Å². The van der Waals surface area contributed by atoms with E-state index in [1.54, 1.807) is 6.08 Å². The maximum atomic E-state index is 12.4. The van der Waals surface area contributed by atoms with Crippen LogP contribution in [0.2, 0.25) is 5.02 Å². The third-order valence-electron chi connectivity index (χ3n) is 5.89. The molecule has 1 heterocycles. The van der Waals surface area contributed by atoms with Crippen LogP contribution in [0, 0.1) is 6.92 Å². The number of rotatable bonds is 9. The number of carboxylic acids is 1. The van der Waals surface area contributed by atoms with Gasteiger partial charge < -0.3 is 15.0 Å². The van der Waals surface area contributed by atoms with Gasteiger partial charge in [-0.2, -0.15) is 0 Å². The van der Waals surface area contributed by atoms with Crippen LogP contribution in [0.5, 0.6) is 0 Å². The van der Waals surface area contributed by atoms with E-state index in [9.17, 15) is 9.90 Å². The topological polar surface area (TPSA) is 54.3 Å². The predicted molar refractivity (Wildman–Crippen MR) is 136 cm³/mol. The molecule has 4 rings (SSSR count). The zero-order chi connectivity index (χ0) is 23.4. The van der Waals surface area contributed by atoms with Crippen molar-refractivity contribution in [2.75, 3.05) is 6.54 Å². The Morgan fingerprint density at radius 2 is 1.76 bits per heavy atom. The summed E-state index contributed by atoms with van der Waals surface area (Å²) in [6.45, 7) is 7.54. The Morgan fingerprint density at radius 1 is 1.06 bits per heavy atom. The molecule has 0 saturated carbocycles. The maximum absolute atomic E-state index is 12.4. The van der Waals surface area contributed by atoms with Crippen molar-refractivity contribution < 1.29 is 9.90 Å². The van der Waals surface area contributed by atoms with Crippen LogP contribution in [0.25, 0.3) is 17.0 Å². The molecule has 0 saturated heterocycles. The zero-order valence-electron chi connectivity index (χ0n) is 18.6. The Balaban J connectivity index is 1.63. The van der Waals surface area contributed by atoms with Gasteiger partial charge in [0.15, 0.2) is 0 Å². The molecule has 4 nitrogen and oxygen atoms in total. The molecule has 0 amide bonds. The Hall–Kier alpha value is -3.34. The molecule has 0 spiro atoms. The molecule has 0 aliphatic heterocycles. The van der Waals surface area contributed by atoms with E-state index in [-0.39, 0.29) is 0 Å². The van der Waals surface area contributed by atoms with Crippen molar-refractivity contribution in [3.05, 3.63) is 112 Å². The van der Waals surface area contributed by atoms with E-state index < -0.39 is 5.97 Å². The molecule has 0 aliphatic carbocycles. The standard InChI is InChI=1S/C28H27ClN2O2/c1-3-20-5-7-22(8-6-20)18-31-26-16-19(2)4-13-24(26)25(27(31)28(32)33)17-30-15-14-21-9-11-23(29)12-10-21/h3-13,16,30H,1,14-15,17-18H2,2H3,(H,32,33). The molecule has 0 unspecified atom stereocenters. The van der Waals surface area contributed by atoms with E-state index in [2.05, 4.69) is 18.0 Å². The Morgan fingerprint density at radius 3 is 2.42 bits per heavy atom. The molecule has 2 N–H and O–H groups in total. The number of aromatic carboxylic acids is 1. The average Bonchev–Trinajstić information content (AvgIpc) is 3.11. The third-order valence-corrected chi connectivity index (χ3v) is 6.14. The maximum Gasteiger partial charge on any atom is 0.352 e. The zero-order valence-corrected chi connectivity index (χ0v) is 19.4. The van der Waals surface area contributed by atoms with Gasteiger partial charge in [0.1, 0.15) is 5.69 Å². The summed E-state index contributed by atoms with van der Waals surface area (Å²) in [6, 6.07) is 22.0. The fourth-order valence-electron chi connectivity index (χ4n) is 4.16. The highest BCUT2D eigenvalue weighted by Gasteiger charge is 2.22. The van der Waals surface area contributed by atoms with Gasteiger partial charge in [0.2, 0.25) is 0 Å². The van der Waals surface area contributed by atoms with Gasteiger partial charge in [0.05, 0.1) is 0 Å². The SMILES string of the molecule is C=Cc1ccc(Cn2c(C(=O)O)c(CNCCc3ccc(Cl)cc3)c3ccc(C)cc32)cc1. The number of nitrogens with zero attached hydrogens (tertiary/aromatic N) is 1. The van der Waals surface area contributed by atoms with Gasteiger partial charge in [0, 0.05) is 34.6 Å². The van der Waals surface area contributed by atoms with Crippen molar-refractivity contribution in [3.8, 4) is 0 Å². The largest absolute Gasteiger partial charge is 0.477 e. The highest BCUT2D eigenvalue weighted by atomic mass is 35.5. The van der Waals surface area contributed by atoms with E-state index in [4.69, 9.17) is 11.6 Å². The summed E-state index contributed by atoms with van der Waals surface area (Å²) in [5.41, 5.74) is 6.46. The van der Waals surface area contributed by atoms with E-state index in [1.807, 2.05) is 72.2 Å². The van der Waals surface area contributed by atoms with Crippen molar-refractivity contribution in [2.45, 2.75) is 26.4 Å². The quantitative estimate of drug-likeness (QED) is 0.288. The summed E-state index contributed by atoms with van der Waals surface area (Å²) in [6.07, 6.45) is 2.64. The molecular weight excluding hydrogens is 432 g/mol. The first-order valence-corrected chi connectivity index (χ1v) is 11.4. The molecule has 0 aliphatic rings. The molecule has 0 bridgehead atoms. The van der Waals surface area contributed by atoms with Crippen LogP contribution in [-0.4, -0.2) is 22.2 Å². The second kappa shape index (κ2) is 10.1. The number of nitrogens with one attached hydrogen (secondary N) is 1. The van der Waals surface area contributed by atoms with Gasteiger partial charge in [0.25, 0.3) is 0 Å². The lowest BCUT2D eigenvalue weighted by atomic mass is 10.1. The van der Waals surface area contributed by atoms with Crippen LogP contribution in [0.15, 0.2) is 73.3 Å². The molecule has 4 aromatic rings. The lowest BCUT2D eigenvalue weighted by molar-refractivity contribution is 0.0684. The Bertz CT molecular complexity index is 1290. The number of fused-ring (bicyclic) bond motifs is 1. The first-order valence-electron chi connectivity index (χ1n) is 11.0. The van der Waals surface area contributed by atoms with Gasteiger partial charge in [-0.3, -0.25) is 0 Å². The Labute approximate surface area is 199 Å². The number of hydrogen-bond donors (Lipinski definition) is 2. The molecule has 1 aromatic heterocycles. The third kappa shape index (κ3) is 5.19. The Kier molecular flexibility index (Phi) is 6.97. The minimum atomic E-state index is -0.916. The molecule has 0 fully saturated rings. The van der Waals surface area contributed by atoms with Crippen molar-refractivity contribution in [2.24, 2.45) is 0 Å². The second-order valence-corrected chi connectivity index (χ2v) is 8.67. The number of carbonyl (C=O) groups is 1. The number of hydrogen-bond acceptors (Lipinski definition) is 2. The first kappa shape index (κ1) is 22.8. The van der Waals surface area contributed by atoms with Crippen molar-refractivity contribution >= 4 is 34.5 Å². The molecule has 33 heavy (non-hydrogen) atoms. The smallest absolute Gasteiger partial charge is 0.352 e. The van der Waals surface area contributed by atoms with Crippen LogP contribution in [0.3, 0.4) is 0 Å². The number of aromatic nitrogens is 1. The molecule has 0 radical (unpaired) electrons. The van der Waals surface area contributed by atoms with Crippen molar-refractivity contribution in [1.82, 2.24) is 9.88 Å². The van der Waals surface area contributed by atoms with Gasteiger partial charge in [-0.1, -0.05) is 72.8 Å². The average molecular weight is 459 g/mol. The summed E-state index contributed by atoms with van der Waals surface area (Å²) >= 11 is 5.96. The number of halogens is 1. The van der Waals surface area contributed by atoms with E-state index in [0.29, 0.717) is 18.8 Å². The van der Waals surface area contributed by atoms with Gasteiger partial charge in [-0.05, 0) is 60.3 Å². The molecule has 0 atom stereocenters. The number of benzene rings is 3. The van der Waals surface area contributed by atoms with Crippen LogP contribution in [-0.2, 0) is 19.5 Å². The van der Waals surface area contributed by atoms with Crippen LogP contribution < -0.4 is 5.32 Å². The summed E-state index contributed by atoms with van der Waals surface area (Å²) in [5.74, 6) is -0.916.